The van der Waals surface area contributed by atoms with Crippen molar-refractivity contribution in [2.75, 3.05) is 40.3 Å². The monoisotopic (exact) mass is 253 g/mol. The van der Waals surface area contributed by atoms with E-state index in [1.165, 1.54) is 64.7 Å². The quantitative estimate of drug-likeness (QED) is 0.780. The van der Waals surface area contributed by atoms with Gasteiger partial charge in [-0.15, -0.1) is 0 Å². The lowest BCUT2D eigenvalue weighted by molar-refractivity contribution is 0.170. The highest BCUT2D eigenvalue weighted by atomic mass is 15.2. The van der Waals surface area contributed by atoms with Crippen molar-refractivity contribution in [3.63, 3.8) is 0 Å². The van der Waals surface area contributed by atoms with Crippen LogP contribution in [0.4, 0.5) is 0 Å². The Morgan fingerprint density at radius 2 is 2.22 bits per heavy atom. The van der Waals surface area contributed by atoms with Crippen molar-refractivity contribution in [3.05, 3.63) is 0 Å². The Hall–Kier alpha value is -0.120. The van der Waals surface area contributed by atoms with E-state index >= 15 is 0 Å². The maximum absolute atomic E-state index is 3.78. The van der Waals surface area contributed by atoms with Crippen molar-refractivity contribution < 1.29 is 0 Å². The Labute approximate surface area is 113 Å². The second-order valence-corrected chi connectivity index (χ2v) is 6.53. The first kappa shape index (κ1) is 14.3. The average Bonchev–Trinajstić information content (AvgIpc) is 2.90. The summed E-state index contributed by atoms with van der Waals surface area (Å²) < 4.78 is 0. The van der Waals surface area contributed by atoms with Gasteiger partial charge in [0.25, 0.3) is 0 Å². The van der Waals surface area contributed by atoms with Gasteiger partial charge in [-0.1, -0.05) is 13.3 Å². The molecule has 0 aromatic rings. The Bertz CT molecular complexity index is 248. The normalized spacial score (nSPS) is 33.7. The van der Waals surface area contributed by atoms with Crippen molar-refractivity contribution >= 4 is 0 Å². The fourth-order valence-corrected chi connectivity index (χ4v) is 3.93. The minimum Gasteiger partial charge on any atom is -0.310 e. The van der Waals surface area contributed by atoms with Gasteiger partial charge in [0.15, 0.2) is 0 Å². The predicted molar refractivity (Wildman–Crippen MR) is 78.0 cm³/mol. The second-order valence-electron chi connectivity index (χ2n) is 6.53. The van der Waals surface area contributed by atoms with E-state index in [0.717, 1.165) is 6.04 Å². The fraction of sp³-hybridized carbons (Fsp3) is 1.00. The van der Waals surface area contributed by atoms with Crippen molar-refractivity contribution in [1.82, 2.24) is 15.1 Å². The molecule has 2 saturated heterocycles. The third kappa shape index (κ3) is 3.46. The predicted octanol–water partition coefficient (Wildman–Crippen LogP) is 1.93. The number of rotatable bonds is 6. The minimum atomic E-state index is 0.417. The van der Waals surface area contributed by atoms with Gasteiger partial charge < -0.3 is 15.1 Å². The molecule has 0 amide bonds. The summed E-state index contributed by atoms with van der Waals surface area (Å²) in [6.07, 6.45) is 8.12. The first-order chi connectivity index (χ1) is 8.65. The first-order valence-electron chi connectivity index (χ1n) is 7.79. The molecule has 0 aliphatic carbocycles. The lowest BCUT2D eigenvalue weighted by Crippen LogP contribution is -2.50. The summed E-state index contributed by atoms with van der Waals surface area (Å²) in [7, 11) is 4.59. The van der Waals surface area contributed by atoms with E-state index in [1.807, 2.05) is 0 Å². The molecule has 2 aliphatic heterocycles. The highest BCUT2D eigenvalue weighted by Crippen LogP contribution is 2.26. The van der Waals surface area contributed by atoms with Crippen LogP contribution in [0.5, 0.6) is 0 Å². The average molecular weight is 253 g/mol. The molecule has 0 radical (unpaired) electrons. The van der Waals surface area contributed by atoms with Gasteiger partial charge in [-0.2, -0.15) is 0 Å². The van der Waals surface area contributed by atoms with Crippen LogP contribution in [0.1, 0.15) is 45.4 Å². The molecule has 2 fully saturated rings. The third-order valence-corrected chi connectivity index (χ3v) is 4.83. The van der Waals surface area contributed by atoms with E-state index < -0.39 is 0 Å². The molecule has 0 aromatic heterocycles. The van der Waals surface area contributed by atoms with E-state index in [4.69, 9.17) is 0 Å². The Kier molecular flexibility index (Phi) is 5.05. The fourth-order valence-electron chi connectivity index (χ4n) is 3.93. The number of hydrogen-bond acceptors (Lipinski definition) is 3. The molecule has 2 atom stereocenters. The molecule has 0 spiro atoms. The summed E-state index contributed by atoms with van der Waals surface area (Å²) in [6.45, 7) is 7.29. The highest BCUT2D eigenvalue weighted by Gasteiger charge is 2.34. The molecular formula is C15H31N3. The summed E-state index contributed by atoms with van der Waals surface area (Å²) >= 11 is 0. The molecule has 2 heterocycles. The van der Waals surface area contributed by atoms with E-state index in [-0.39, 0.29) is 0 Å². The maximum atomic E-state index is 3.78. The van der Waals surface area contributed by atoms with E-state index in [1.54, 1.807) is 0 Å². The van der Waals surface area contributed by atoms with Gasteiger partial charge in [0.1, 0.15) is 0 Å². The van der Waals surface area contributed by atoms with Crippen LogP contribution in [-0.4, -0.2) is 61.7 Å². The van der Waals surface area contributed by atoms with Crippen LogP contribution in [-0.2, 0) is 0 Å². The van der Waals surface area contributed by atoms with E-state index in [9.17, 15) is 0 Å². The summed E-state index contributed by atoms with van der Waals surface area (Å²) in [5.74, 6) is 0. The van der Waals surface area contributed by atoms with Gasteiger partial charge in [-0.3, -0.25) is 0 Å². The van der Waals surface area contributed by atoms with Gasteiger partial charge in [0, 0.05) is 24.7 Å². The van der Waals surface area contributed by atoms with Gasteiger partial charge in [0.2, 0.25) is 0 Å². The summed E-state index contributed by atoms with van der Waals surface area (Å²) in [6, 6.07) is 0.787. The van der Waals surface area contributed by atoms with Crippen LogP contribution in [0.3, 0.4) is 0 Å². The largest absolute Gasteiger partial charge is 0.310 e. The molecule has 106 valence electrons. The number of likely N-dealkylation sites (tertiary alicyclic amines) is 1. The molecule has 3 nitrogen and oxygen atoms in total. The summed E-state index contributed by atoms with van der Waals surface area (Å²) in [5, 5.41) is 3.78. The smallest absolute Gasteiger partial charge is 0.0309 e. The van der Waals surface area contributed by atoms with Crippen LogP contribution in [0.15, 0.2) is 0 Å². The Morgan fingerprint density at radius 1 is 1.39 bits per heavy atom. The van der Waals surface area contributed by atoms with Crippen molar-refractivity contribution in [3.8, 4) is 0 Å². The number of likely N-dealkylation sites (N-methyl/N-ethyl adjacent to an activating group) is 2. The van der Waals surface area contributed by atoms with Crippen LogP contribution in [0.25, 0.3) is 0 Å². The molecule has 2 aliphatic rings. The van der Waals surface area contributed by atoms with Gasteiger partial charge in [-0.05, 0) is 59.3 Å². The third-order valence-electron chi connectivity index (χ3n) is 4.83. The molecule has 0 aromatic carbocycles. The lowest BCUT2D eigenvalue weighted by Gasteiger charge is -2.36. The van der Waals surface area contributed by atoms with Crippen LogP contribution in [0, 0.1) is 0 Å². The highest BCUT2D eigenvalue weighted by molar-refractivity contribution is 4.95. The van der Waals surface area contributed by atoms with Crippen molar-refractivity contribution in [2.24, 2.45) is 0 Å². The van der Waals surface area contributed by atoms with Gasteiger partial charge >= 0.3 is 0 Å². The zero-order chi connectivity index (χ0) is 13.0. The first-order valence-corrected chi connectivity index (χ1v) is 7.79. The maximum Gasteiger partial charge on any atom is 0.0309 e. The zero-order valence-electron chi connectivity index (χ0n) is 12.5. The molecule has 0 saturated carbocycles. The van der Waals surface area contributed by atoms with Gasteiger partial charge in [0.05, 0.1) is 0 Å². The topological polar surface area (TPSA) is 18.5 Å². The Morgan fingerprint density at radius 3 is 2.78 bits per heavy atom. The minimum absolute atomic E-state index is 0.417. The van der Waals surface area contributed by atoms with Crippen molar-refractivity contribution in [1.29, 1.82) is 0 Å². The van der Waals surface area contributed by atoms with Crippen LogP contribution >= 0.6 is 0 Å². The number of nitrogens with zero attached hydrogens (tertiary/aromatic N) is 2. The molecule has 2 rings (SSSR count). The molecule has 0 bridgehead atoms. The van der Waals surface area contributed by atoms with E-state index in [0.29, 0.717) is 5.54 Å². The summed E-state index contributed by atoms with van der Waals surface area (Å²) in [5.41, 5.74) is 0.417. The zero-order valence-corrected chi connectivity index (χ0v) is 12.5. The molecule has 2 unspecified atom stereocenters. The standard InChI is InChI=1S/C15H31N3/c1-4-8-15(9-6-10-16-15)13-17(2)12-14-7-5-11-18(14)3/h14,16H,4-13H2,1-3H3. The van der Waals surface area contributed by atoms with E-state index in [2.05, 4.69) is 36.1 Å². The van der Waals surface area contributed by atoms with Crippen LogP contribution < -0.4 is 5.32 Å². The van der Waals surface area contributed by atoms with Gasteiger partial charge in [-0.25, -0.2) is 0 Å². The van der Waals surface area contributed by atoms with Crippen LogP contribution in [0.2, 0.25) is 0 Å². The second kappa shape index (κ2) is 6.36. The number of hydrogen-bond donors (Lipinski definition) is 1. The molecular weight excluding hydrogens is 222 g/mol. The Balaban J connectivity index is 1.83. The number of nitrogens with one attached hydrogen (secondary N) is 1. The molecule has 3 heteroatoms. The SMILES string of the molecule is CCCC1(CN(C)CC2CCCN2C)CCCN1. The lowest BCUT2D eigenvalue weighted by atomic mass is 9.91. The molecule has 1 N–H and O–H groups in total. The molecule has 18 heavy (non-hydrogen) atoms. The summed E-state index contributed by atoms with van der Waals surface area (Å²) in [4.78, 5) is 5.10. The van der Waals surface area contributed by atoms with Crippen molar-refractivity contribution in [2.45, 2.75) is 57.0 Å².